The van der Waals surface area contributed by atoms with Crippen LogP contribution in [0.5, 0.6) is 0 Å². The maximum absolute atomic E-state index is 13.1. The zero-order chi connectivity index (χ0) is 13.7. The number of halogens is 3. The molecule has 2 aromatic carbocycles. The molecule has 1 N–H and O–H groups in total. The van der Waals surface area contributed by atoms with Gasteiger partial charge in [-0.05, 0) is 44.8 Å². The second kappa shape index (κ2) is 7.04. The molecular formula is C15H14BrClFN. The number of hydrogen-bond acceptors (Lipinski definition) is 1. The molecule has 4 heteroatoms. The Bertz CT molecular complexity index is 560. The highest BCUT2D eigenvalue weighted by Gasteiger charge is 2.00. The number of hydrogen-bond donors (Lipinski definition) is 1. The Morgan fingerprint density at radius 2 is 1.68 bits per heavy atom. The lowest BCUT2D eigenvalue weighted by Gasteiger charge is -2.07. The molecule has 0 aliphatic heterocycles. The Hall–Kier alpha value is -0.900. The molecule has 0 aromatic heterocycles. The van der Waals surface area contributed by atoms with Gasteiger partial charge in [0, 0.05) is 19.0 Å². The van der Waals surface area contributed by atoms with E-state index in [4.69, 9.17) is 11.6 Å². The number of alkyl halides is 1. The fourth-order valence-electron chi connectivity index (χ4n) is 1.82. The summed E-state index contributed by atoms with van der Waals surface area (Å²) < 4.78 is 13.6. The van der Waals surface area contributed by atoms with E-state index in [9.17, 15) is 4.39 Å². The second-order valence-corrected chi connectivity index (χ2v) is 5.43. The first-order chi connectivity index (χ1) is 9.19. The van der Waals surface area contributed by atoms with Crippen molar-refractivity contribution in [1.82, 2.24) is 5.32 Å². The summed E-state index contributed by atoms with van der Waals surface area (Å²) in [4.78, 5) is 0. The van der Waals surface area contributed by atoms with Crippen molar-refractivity contribution in [3.05, 3.63) is 69.4 Å². The molecule has 0 heterocycles. The van der Waals surface area contributed by atoms with Gasteiger partial charge in [0.15, 0.2) is 0 Å². The minimum absolute atomic E-state index is 0.237. The van der Waals surface area contributed by atoms with Gasteiger partial charge in [-0.25, -0.2) is 4.39 Å². The lowest BCUT2D eigenvalue weighted by Crippen LogP contribution is -2.12. The molecule has 0 aliphatic rings. The minimum Gasteiger partial charge on any atom is -0.309 e. The summed E-state index contributed by atoms with van der Waals surface area (Å²) in [6, 6.07) is 13.2. The van der Waals surface area contributed by atoms with E-state index in [1.165, 1.54) is 11.6 Å². The minimum atomic E-state index is -0.237. The molecule has 1 nitrogen and oxygen atoms in total. The standard InChI is InChI=1S/C15H14BrClFN/c16-14-7-13(4-5-15(14)18)10-19-9-12-3-1-2-11(6-12)8-17/h1-7,19H,8-10H2. The van der Waals surface area contributed by atoms with E-state index in [2.05, 4.69) is 33.4 Å². The molecular weight excluding hydrogens is 329 g/mol. The monoisotopic (exact) mass is 341 g/mol. The van der Waals surface area contributed by atoms with Crippen LogP contribution in [-0.2, 0) is 19.0 Å². The van der Waals surface area contributed by atoms with Crippen LogP contribution in [0, 0.1) is 5.82 Å². The summed E-state index contributed by atoms with van der Waals surface area (Å²) in [6.45, 7) is 1.46. The van der Waals surface area contributed by atoms with E-state index in [1.54, 1.807) is 12.1 Å². The molecule has 0 fully saturated rings. The van der Waals surface area contributed by atoms with Crippen molar-refractivity contribution in [2.24, 2.45) is 0 Å². The predicted molar refractivity (Wildman–Crippen MR) is 80.6 cm³/mol. The zero-order valence-electron chi connectivity index (χ0n) is 10.3. The average Bonchev–Trinajstić information content (AvgIpc) is 2.43. The molecule has 0 unspecified atom stereocenters. The zero-order valence-corrected chi connectivity index (χ0v) is 12.6. The Labute approximate surface area is 125 Å². The fraction of sp³-hybridized carbons (Fsp3) is 0.200. The molecule has 0 radical (unpaired) electrons. The largest absolute Gasteiger partial charge is 0.309 e. The van der Waals surface area contributed by atoms with E-state index >= 15 is 0 Å². The maximum Gasteiger partial charge on any atom is 0.137 e. The van der Waals surface area contributed by atoms with Crippen molar-refractivity contribution in [2.75, 3.05) is 0 Å². The Morgan fingerprint density at radius 3 is 2.37 bits per heavy atom. The van der Waals surface area contributed by atoms with Crippen LogP contribution in [0.3, 0.4) is 0 Å². The van der Waals surface area contributed by atoms with E-state index in [-0.39, 0.29) is 5.82 Å². The van der Waals surface area contributed by atoms with Crippen LogP contribution in [0.1, 0.15) is 16.7 Å². The van der Waals surface area contributed by atoms with E-state index in [0.29, 0.717) is 16.9 Å². The smallest absolute Gasteiger partial charge is 0.137 e. The third kappa shape index (κ3) is 4.30. The average molecular weight is 343 g/mol. The molecule has 2 aromatic rings. The SMILES string of the molecule is Fc1ccc(CNCc2cccc(CCl)c2)cc1Br. The normalized spacial score (nSPS) is 10.7. The van der Waals surface area contributed by atoms with Gasteiger partial charge in [-0.3, -0.25) is 0 Å². The van der Waals surface area contributed by atoms with E-state index < -0.39 is 0 Å². The Balaban J connectivity index is 1.90. The molecule has 100 valence electrons. The number of rotatable bonds is 5. The summed E-state index contributed by atoms with van der Waals surface area (Å²) in [5.74, 6) is 0.289. The maximum atomic E-state index is 13.1. The predicted octanol–water partition coefficient (Wildman–Crippen LogP) is 4.62. The van der Waals surface area contributed by atoms with Crippen molar-refractivity contribution in [1.29, 1.82) is 0 Å². The van der Waals surface area contributed by atoms with Crippen molar-refractivity contribution in [2.45, 2.75) is 19.0 Å². The van der Waals surface area contributed by atoms with Crippen LogP contribution in [0.2, 0.25) is 0 Å². The first-order valence-electron chi connectivity index (χ1n) is 5.97. The van der Waals surface area contributed by atoms with E-state index in [1.807, 2.05) is 12.1 Å². The lowest BCUT2D eigenvalue weighted by atomic mass is 10.1. The van der Waals surface area contributed by atoms with Gasteiger partial charge in [0.1, 0.15) is 5.82 Å². The van der Waals surface area contributed by atoms with Gasteiger partial charge in [-0.1, -0.05) is 30.3 Å². The summed E-state index contributed by atoms with van der Waals surface area (Å²) in [7, 11) is 0. The molecule has 0 atom stereocenters. The summed E-state index contributed by atoms with van der Waals surface area (Å²) >= 11 is 8.98. The highest BCUT2D eigenvalue weighted by molar-refractivity contribution is 9.10. The number of nitrogens with one attached hydrogen (secondary N) is 1. The summed E-state index contributed by atoms with van der Waals surface area (Å²) in [5.41, 5.74) is 3.35. The first kappa shape index (κ1) is 14.5. The third-order valence-electron chi connectivity index (χ3n) is 2.79. The van der Waals surface area contributed by atoms with Crippen LogP contribution >= 0.6 is 27.5 Å². The molecule has 19 heavy (non-hydrogen) atoms. The van der Waals surface area contributed by atoms with E-state index in [0.717, 1.165) is 17.7 Å². The van der Waals surface area contributed by atoms with Crippen LogP contribution in [0.15, 0.2) is 46.9 Å². The van der Waals surface area contributed by atoms with Gasteiger partial charge in [0.05, 0.1) is 4.47 Å². The van der Waals surface area contributed by atoms with Crippen molar-refractivity contribution in [3.63, 3.8) is 0 Å². The summed E-state index contributed by atoms with van der Waals surface area (Å²) in [6.07, 6.45) is 0. The first-order valence-corrected chi connectivity index (χ1v) is 7.30. The van der Waals surface area contributed by atoms with Gasteiger partial charge in [-0.15, -0.1) is 11.6 Å². The third-order valence-corrected chi connectivity index (χ3v) is 3.70. The quantitative estimate of drug-likeness (QED) is 0.782. The number of benzene rings is 2. The van der Waals surface area contributed by atoms with Crippen LogP contribution in [-0.4, -0.2) is 0 Å². The molecule has 0 saturated heterocycles. The molecule has 0 spiro atoms. The van der Waals surface area contributed by atoms with Gasteiger partial charge in [0.2, 0.25) is 0 Å². The van der Waals surface area contributed by atoms with Crippen molar-refractivity contribution >= 4 is 27.5 Å². The highest BCUT2D eigenvalue weighted by Crippen LogP contribution is 2.16. The van der Waals surface area contributed by atoms with Gasteiger partial charge >= 0.3 is 0 Å². The van der Waals surface area contributed by atoms with Crippen LogP contribution in [0.4, 0.5) is 4.39 Å². The van der Waals surface area contributed by atoms with Gasteiger partial charge in [-0.2, -0.15) is 0 Å². The van der Waals surface area contributed by atoms with Gasteiger partial charge in [0.25, 0.3) is 0 Å². The fourth-order valence-corrected chi connectivity index (χ4v) is 2.42. The molecule has 0 amide bonds. The topological polar surface area (TPSA) is 12.0 Å². The second-order valence-electron chi connectivity index (χ2n) is 4.31. The Morgan fingerprint density at radius 1 is 1.00 bits per heavy atom. The van der Waals surface area contributed by atoms with Crippen molar-refractivity contribution in [3.8, 4) is 0 Å². The lowest BCUT2D eigenvalue weighted by molar-refractivity contribution is 0.618. The van der Waals surface area contributed by atoms with Crippen molar-refractivity contribution < 1.29 is 4.39 Å². The molecule has 2 rings (SSSR count). The molecule has 0 bridgehead atoms. The molecule has 0 aliphatic carbocycles. The molecule has 0 saturated carbocycles. The van der Waals surface area contributed by atoms with Crippen LogP contribution < -0.4 is 5.32 Å². The Kier molecular flexibility index (Phi) is 5.37. The highest BCUT2D eigenvalue weighted by atomic mass is 79.9. The van der Waals surface area contributed by atoms with Gasteiger partial charge < -0.3 is 5.32 Å². The summed E-state index contributed by atoms with van der Waals surface area (Å²) in [5, 5.41) is 3.33. The van der Waals surface area contributed by atoms with Crippen LogP contribution in [0.25, 0.3) is 0 Å².